The number of piperazine rings is 1. The second-order valence-electron chi connectivity index (χ2n) is 9.01. The summed E-state index contributed by atoms with van der Waals surface area (Å²) in [4.78, 5) is 28.6. The van der Waals surface area contributed by atoms with Crippen molar-refractivity contribution in [3.63, 3.8) is 0 Å². The predicted molar refractivity (Wildman–Crippen MR) is 119 cm³/mol. The fraction of sp³-hybridized carbons (Fsp3) is 0.652. The molecule has 2 aliphatic heterocycles. The van der Waals surface area contributed by atoms with E-state index in [-0.39, 0.29) is 48.9 Å². The number of carbonyl (C=O) groups excluding carboxylic acids is 2. The second-order valence-corrected chi connectivity index (χ2v) is 9.01. The van der Waals surface area contributed by atoms with Crippen LogP contribution in [0.25, 0.3) is 0 Å². The number of nitrogens with one attached hydrogen (secondary N) is 2. The van der Waals surface area contributed by atoms with Crippen LogP contribution in [0.4, 0.5) is 9.18 Å². The van der Waals surface area contributed by atoms with E-state index >= 15 is 0 Å². The molecule has 0 saturated carbocycles. The van der Waals surface area contributed by atoms with Crippen molar-refractivity contribution in [3.05, 3.63) is 30.1 Å². The van der Waals surface area contributed by atoms with E-state index < -0.39 is 18.0 Å². The van der Waals surface area contributed by atoms with Crippen molar-refractivity contribution in [3.8, 4) is 5.75 Å². The number of para-hydroxylation sites is 1. The smallest absolute Gasteiger partial charge is 0.327 e. The number of hydrogen-bond donors (Lipinski definition) is 3. The summed E-state index contributed by atoms with van der Waals surface area (Å²) in [6.45, 7) is 4.90. The third kappa shape index (κ3) is 5.57. The summed E-state index contributed by atoms with van der Waals surface area (Å²) in [5, 5.41) is 16.0. The lowest BCUT2D eigenvalue weighted by Crippen LogP contribution is -2.79. The highest BCUT2D eigenvalue weighted by atomic mass is 19.1. The summed E-state index contributed by atoms with van der Waals surface area (Å²) >= 11 is 0. The Morgan fingerprint density at radius 1 is 1.12 bits per heavy atom. The first kappa shape index (κ1) is 24.4. The number of aliphatic hydroxyl groups excluding tert-OH is 1. The number of carbonyl (C=O) groups is 2. The number of rotatable bonds is 10. The van der Waals surface area contributed by atoms with E-state index in [1.165, 1.54) is 18.0 Å². The Bertz CT molecular complexity index is 793. The number of benzene rings is 1. The second kappa shape index (κ2) is 11.1. The van der Waals surface area contributed by atoms with Crippen LogP contribution in [0.2, 0.25) is 0 Å². The Balaban J connectivity index is 1.79. The fourth-order valence-electron chi connectivity index (χ4n) is 4.39. The summed E-state index contributed by atoms with van der Waals surface area (Å²) in [5.74, 6) is -0.293. The Hall–Kier alpha value is -2.23. The molecule has 3 rings (SSSR count). The molecular weight excluding hydrogens is 415 g/mol. The molecule has 8 nitrogen and oxygen atoms in total. The van der Waals surface area contributed by atoms with Crippen LogP contribution in [0.5, 0.6) is 5.75 Å². The zero-order valence-electron chi connectivity index (χ0n) is 19.1. The first-order valence-corrected chi connectivity index (χ1v) is 11.4. The van der Waals surface area contributed by atoms with E-state index in [1.807, 2.05) is 13.8 Å². The topological polar surface area (TPSA) is 94.1 Å². The lowest BCUT2D eigenvalue weighted by molar-refractivity contribution is -0.138. The fourth-order valence-corrected chi connectivity index (χ4v) is 4.39. The maximum absolute atomic E-state index is 14.1. The van der Waals surface area contributed by atoms with Gasteiger partial charge in [0.15, 0.2) is 11.6 Å². The lowest BCUT2D eigenvalue weighted by Gasteiger charge is -2.51. The van der Waals surface area contributed by atoms with Gasteiger partial charge in [-0.1, -0.05) is 38.8 Å². The summed E-state index contributed by atoms with van der Waals surface area (Å²) in [6.07, 6.45) is 2.72. The van der Waals surface area contributed by atoms with Gasteiger partial charge < -0.3 is 14.7 Å². The van der Waals surface area contributed by atoms with Gasteiger partial charge in [0, 0.05) is 26.2 Å². The Morgan fingerprint density at radius 3 is 2.56 bits per heavy atom. The highest BCUT2D eigenvalue weighted by Crippen LogP contribution is 2.25. The third-order valence-electron chi connectivity index (χ3n) is 6.04. The van der Waals surface area contributed by atoms with Crippen LogP contribution in [0.3, 0.4) is 0 Å². The molecule has 0 aromatic heterocycles. The van der Waals surface area contributed by atoms with Crippen LogP contribution in [0, 0.1) is 11.7 Å². The van der Waals surface area contributed by atoms with E-state index in [2.05, 4.69) is 10.6 Å². The van der Waals surface area contributed by atoms with Crippen molar-refractivity contribution in [2.24, 2.45) is 5.92 Å². The molecule has 3 amide bonds. The lowest BCUT2D eigenvalue weighted by atomic mass is 9.93. The number of likely N-dealkylation sites (N-methyl/N-ethyl adjacent to an activating group) is 1. The SMILES string of the molecule is CC(C)CN1C(=O)N(C)C(=O)C2NC(CCCCCO)C(COc3ccccc3F)NC21. The molecule has 9 heteroatoms. The predicted octanol–water partition coefficient (Wildman–Crippen LogP) is 1.93. The van der Waals surface area contributed by atoms with E-state index in [0.717, 1.165) is 25.7 Å². The van der Waals surface area contributed by atoms with Gasteiger partial charge in [-0.3, -0.25) is 20.3 Å². The van der Waals surface area contributed by atoms with Gasteiger partial charge in [-0.05, 0) is 30.9 Å². The molecule has 178 valence electrons. The van der Waals surface area contributed by atoms with Crippen molar-refractivity contribution >= 4 is 11.9 Å². The Kier molecular flexibility index (Phi) is 8.44. The number of unbranched alkanes of at least 4 members (excludes halogenated alkanes) is 2. The number of ether oxygens (including phenoxy) is 1. The number of imide groups is 1. The first-order chi connectivity index (χ1) is 15.3. The van der Waals surface area contributed by atoms with Gasteiger partial charge >= 0.3 is 6.03 Å². The van der Waals surface area contributed by atoms with Gasteiger partial charge in [-0.2, -0.15) is 0 Å². The monoisotopic (exact) mass is 450 g/mol. The Morgan fingerprint density at radius 2 is 1.88 bits per heavy atom. The molecule has 32 heavy (non-hydrogen) atoms. The Labute approximate surface area is 189 Å². The number of fused-ring (bicyclic) bond motifs is 1. The van der Waals surface area contributed by atoms with E-state index in [0.29, 0.717) is 6.54 Å². The minimum Gasteiger partial charge on any atom is -0.489 e. The molecule has 4 unspecified atom stereocenters. The molecule has 2 heterocycles. The molecule has 2 saturated heterocycles. The summed E-state index contributed by atoms with van der Waals surface area (Å²) in [5.41, 5.74) is 0. The van der Waals surface area contributed by atoms with Gasteiger partial charge in [-0.15, -0.1) is 0 Å². The average Bonchev–Trinajstić information content (AvgIpc) is 2.77. The minimum absolute atomic E-state index is 0.104. The zero-order chi connectivity index (χ0) is 23.3. The maximum Gasteiger partial charge on any atom is 0.327 e. The highest BCUT2D eigenvalue weighted by Gasteiger charge is 2.50. The molecule has 1 aromatic rings. The van der Waals surface area contributed by atoms with Gasteiger partial charge in [0.2, 0.25) is 0 Å². The van der Waals surface area contributed by atoms with Crippen LogP contribution in [0.15, 0.2) is 24.3 Å². The van der Waals surface area contributed by atoms with Crippen LogP contribution in [0.1, 0.15) is 39.5 Å². The molecule has 0 aliphatic carbocycles. The van der Waals surface area contributed by atoms with Gasteiger partial charge in [-0.25, -0.2) is 9.18 Å². The summed E-state index contributed by atoms with van der Waals surface area (Å²) in [6, 6.07) is 5.03. The first-order valence-electron chi connectivity index (χ1n) is 11.4. The number of halogens is 1. The maximum atomic E-state index is 14.1. The van der Waals surface area contributed by atoms with Crippen molar-refractivity contribution in [2.75, 3.05) is 26.8 Å². The molecule has 2 fully saturated rings. The number of urea groups is 1. The van der Waals surface area contributed by atoms with Crippen molar-refractivity contribution in [1.29, 1.82) is 0 Å². The standard InChI is InChI=1S/C23H35FN4O4/c1-15(2)13-28-21-20(22(30)27(3)23(28)31)25-17(10-5-4-8-12-29)18(26-21)14-32-19-11-7-6-9-16(19)24/h6-7,9,11,15,17-18,20-21,25-26,29H,4-5,8,10,12-14H2,1-3H3. The molecule has 1 aromatic carbocycles. The van der Waals surface area contributed by atoms with E-state index in [9.17, 15) is 14.0 Å². The molecule has 4 atom stereocenters. The number of nitrogens with zero attached hydrogens (tertiary/aromatic N) is 2. The number of hydrogen-bond acceptors (Lipinski definition) is 6. The molecule has 2 aliphatic rings. The molecule has 0 bridgehead atoms. The average molecular weight is 451 g/mol. The van der Waals surface area contributed by atoms with Gasteiger partial charge in [0.1, 0.15) is 18.8 Å². The molecular formula is C23H35FN4O4. The number of aliphatic hydroxyl groups is 1. The van der Waals surface area contributed by atoms with E-state index in [1.54, 1.807) is 23.1 Å². The van der Waals surface area contributed by atoms with Crippen LogP contribution in [-0.4, -0.2) is 77.9 Å². The van der Waals surface area contributed by atoms with Crippen LogP contribution >= 0.6 is 0 Å². The number of amides is 3. The van der Waals surface area contributed by atoms with Crippen molar-refractivity contribution < 1.29 is 23.8 Å². The third-order valence-corrected chi connectivity index (χ3v) is 6.04. The summed E-state index contributed by atoms with van der Waals surface area (Å²) in [7, 11) is 1.51. The largest absolute Gasteiger partial charge is 0.489 e. The van der Waals surface area contributed by atoms with E-state index in [4.69, 9.17) is 9.84 Å². The van der Waals surface area contributed by atoms with Crippen LogP contribution < -0.4 is 15.4 Å². The normalized spacial score (nSPS) is 25.9. The van der Waals surface area contributed by atoms with Crippen LogP contribution in [-0.2, 0) is 4.79 Å². The minimum atomic E-state index is -0.566. The van der Waals surface area contributed by atoms with Gasteiger partial charge in [0.25, 0.3) is 5.91 Å². The van der Waals surface area contributed by atoms with Crippen molar-refractivity contribution in [1.82, 2.24) is 20.4 Å². The molecule has 0 spiro atoms. The highest BCUT2D eigenvalue weighted by molar-refractivity contribution is 6.00. The molecule has 3 N–H and O–H groups in total. The zero-order valence-corrected chi connectivity index (χ0v) is 19.1. The van der Waals surface area contributed by atoms with Crippen molar-refractivity contribution in [2.45, 2.75) is 63.8 Å². The summed E-state index contributed by atoms with van der Waals surface area (Å²) < 4.78 is 19.8. The van der Waals surface area contributed by atoms with Gasteiger partial charge in [0.05, 0.1) is 6.04 Å². The molecule has 0 radical (unpaired) electrons. The quantitative estimate of drug-likeness (QED) is 0.472.